The Morgan fingerprint density at radius 2 is 1.92 bits per heavy atom. The maximum atomic E-state index is 11.3. The van der Waals surface area contributed by atoms with Crippen molar-refractivity contribution in [3.63, 3.8) is 0 Å². The first kappa shape index (κ1) is 22.3. The monoisotopic (exact) mass is 383 g/mol. The van der Waals surface area contributed by atoms with Crippen LogP contribution in [0.2, 0.25) is 0 Å². The van der Waals surface area contributed by atoms with Crippen molar-refractivity contribution in [3.8, 4) is 5.75 Å². The lowest BCUT2D eigenvalue weighted by Gasteiger charge is -2.17. The molecule has 1 rings (SSSR count). The molecule has 0 amide bonds. The quantitative estimate of drug-likeness (QED) is 0.369. The SMILES string of the molecule is CCNC(=NCCCOc1c(C)cccc1C)NC(C)CCS(C)(=O)=O. The maximum Gasteiger partial charge on any atom is 0.191 e. The van der Waals surface area contributed by atoms with Gasteiger partial charge in [0.1, 0.15) is 15.6 Å². The molecule has 1 aromatic rings. The standard InChI is InChI=1S/C19H33N3O3S/c1-6-20-19(22-17(4)11-14-26(5,23)24)21-12-8-13-25-18-15(2)9-7-10-16(18)3/h7,9-10,17H,6,8,11-14H2,1-5H3,(H2,20,21,22). The summed E-state index contributed by atoms with van der Waals surface area (Å²) in [6.45, 7) is 10.1. The van der Waals surface area contributed by atoms with Gasteiger partial charge in [-0.05, 0) is 45.2 Å². The zero-order chi connectivity index (χ0) is 19.6. The molecule has 0 heterocycles. The lowest BCUT2D eigenvalue weighted by Crippen LogP contribution is -2.43. The molecule has 0 aliphatic heterocycles. The minimum atomic E-state index is -2.94. The Bertz CT molecular complexity index is 667. The summed E-state index contributed by atoms with van der Waals surface area (Å²) < 4.78 is 28.4. The highest BCUT2D eigenvalue weighted by molar-refractivity contribution is 7.90. The highest BCUT2D eigenvalue weighted by Gasteiger charge is 2.09. The van der Waals surface area contributed by atoms with Gasteiger partial charge < -0.3 is 15.4 Å². The summed E-state index contributed by atoms with van der Waals surface area (Å²) in [5, 5.41) is 6.44. The first-order chi connectivity index (χ1) is 12.2. The van der Waals surface area contributed by atoms with E-state index in [1.807, 2.05) is 45.9 Å². The van der Waals surface area contributed by atoms with Crippen LogP contribution in [0.25, 0.3) is 0 Å². The van der Waals surface area contributed by atoms with E-state index in [2.05, 4.69) is 15.6 Å². The number of aliphatic imine (C=N–C) groups is 1. The highest BCUT2D eigenvalue weighted by Crippen LogP contribution is 2.22. The van der Waals surface area contributed by atoms with Crippen LogP contribution in [0.4, 0.5) is 0 Å². The minimum Gasteiger partial charge on any atom is -0.493 e. The topological polar surface area (TPSA) is 79.8 Å². The van der Waals surface area contributed by atoms with Crippen LogP contribution in [-0.4, -0.2) is 52.1 Å². The van der Waals surface area contributed by atoms with E-state index in [0.717, 1.165) is 29.8 Å². The van der Waals surface area contributed by atoms with Crippen LogP contribution in [0.15, 0.2) is 23.2 Å². The number of aryl methyl sites for hydroxylation is 2. The molecule has 0 fully saturated rings. The van der Waals surface area contributed by atoms with E-state index in [4.69, 9.17) is 4.74 Å². The van der Waals surface area contributed by atoms with Gasteiger partial charge in [-0.25, -0.2) is 8.42 Å². The van der Waals surface area contributed by atoms with Gasteiger partial charge in [-0.2, -0.15) is 0 Å². The van der Waals surface area contributed by atoms with Crippen LogP contribution in [0, 0.1) is 13.8 Å². The minimum absolute atomic E-state index is 0.0355. The first-order valence-corrected chi connectivity index (χ1v) is 11.2. The molecule has 0 spiro atoms. The van der Waals surface area contributed by atoms with Crippen LogP contribution in [0.5, 0.6) is 5.75 Å². The predicted octanol–water partition coefficient (Wildman–Crippen LogP) is 2.45. The molecule has 148 valence electrons. The van der Waals surface area contributed by atoms with Crippen molar-refractivity contribution in [2.24, 2.45) is 4.99 Å². The molecule has 0 aliphatic rings. The highest BCUT2D eigenvalue weighted by atomic mass is 32.2. The summed E-state index contributed by atoms with van der Waals surface area (Å²) in [5.41, 5.74) is 2.28. The van der Waals surface area contributed by atoms with Crippen molar-refractivity contribution in [1.29, 1.82) is 0 Å². The van der Waals surface area contributed by atoms with E-state index >= 15 is 0 Å². The van der Waals surface area contributed by atoms with Crippen molar-refractivity contribution in [2.75, 3.05) is 31.7 Å². The van der Waals surface area contributed by atoms with Crippen LogP contribution < -0.4 is 15.4 Å². The number of rotatable bonds is 10. The number of sulfone groups is 1. The molecule has 0 saturated carbocycles. The summed E-state index contributed by atoms with van der Waals surface area (Å²) in [5.74, 6) is 1.83. The van der Waals surface area contributed by atoms with Crippen molar-refractivity contribution >= 4 is 15.8 Å². The average molecular weight is 384 g/mol. The summed E-state index contributed by atoms with van der Waals surface area (Å²) >= 11 is 0. The van der Waals surface area contributed by atoms with Crippen LogP contribution >= 0.6 is 0 Å². The fourth-order valence-electron chi connectivity index (χ4n) is 2.47. The molecule has 0 aliphatic carbocycles. The summed E-state index contributed by atoms with van der Waals surface area (Å²) in [6, 6.07) is 6.16. The van der Waals surface area contributed by atoms with Crippen LogP contribution in [0.1, 0.15) is 37.8 Å². The molecule has 26 heavy (non-hydrogen) atoms. The zero-order valence-corrected chi connectivity index (χ0v) is 17.4. The molecule has 0 radical (unpaired) electrons. The Morgan fingerprint density at radius 3 is 2.50 bits per heavy atom. The lowest BCUT2D eigenvalue weighted by molar-refractivity contribution is 0.309. The number of para-hydroxylation sites is 1. The first-order valence-electron chi connectivity index (χ1n) is 9.14. The number of hydrogen-bond acceptors (Lipinski definition) is 4. The molecule has 0 aromatic heterocycles. The van der Waals surface area contributed by atoms with Crippen LogP contribution in [-0.2, 0) is 9.84 Å². The average Bonchev–Trinajstić information content (AvgIpc) is 2.54. The van der Waals surface area contributed by atoms with Crippen LogP contribution in [0.3, 0.4) is 0 Å². The number of hydrogen-bond donors (Lipinski definition) is 2. The Balaban J connectivity index is 2.43. The number of benzene rings is 1. The van der Waals surface area contributed by atoms with E-state index in [1.54, 1.807) is 0 Å². The fraction of sp³-hybridized carbons (Fsp3) is 0.632. The van der Waals surface area contributed by atoms with Gasteiger partial charge in [0.05, 0.1) is 12.4 Å². The lowest BCUT2D eigenvalue weighted by atomic mass is 10.1. The smallest absolute Gasteiger partial charge is 0.191 e. The van der Waals surface area contributed by atoms with Gasteiger partial charge in [0.25, 0.3) is 0 Å². The normalized spacial score (nSPS) is 13.3. The number of ether oxygens (including phenoxy) is 1. The third-order valence-electron chi connectivity index (χ3n) is 3.88. The van der Waals surface area contributed by atoms with Gasteiger partial charge >= 0.3 is 0 Å². The molecule has 6 nitrogen and oxygen atoms in total. The Kier molecular flexibility index (Phi) is 9.48. The summed E-state index contributed by atoms with van der Waals surface area (Å²) in [6.07, 6.45) is 2.62. The second-order valence-corrected chi connectivity index (χ2v) is 8.91. The van der Waals surface area contributed by atoms with E-state index in [-0.39, 0.29) is 11.8 Å². The van der Waals surface area contributed by atoms with E-state index in [9.17, 15) is 8.42 Å². The van der Waals surface area contributed by atoms with E-state index < -0.39 is 9.84 Å². The molecular weight excluding hydrogens is 350 g/mol. The Hall–Kier alpha value is -1.76. The van der Waals surface area contributed by atoms with Gasteiger partial charge in [0.2, 0.25) is 0 Å². The van der Waals surface area contributed by atoms with E-state index in [0.29, 0.717) is 25.5 Å². The zero-order valence-electron chi connectivity index (χ0n) is 16.6. The van der Waals surface area contributed by atoms with Gasteiger partial charge in [0.15, 0.2) is 5.96 Å². The van der Waals surface area contributed by atoms with Gasteiger partial charge in [-0.15, -0.1) is 0 Å². The molecular formula is C19H33N3O3S. The number of guanidine groups is 1. The van der Waals surface area contributed by atoms with Crippen molar-refractivity contribution in [1.82, 2.24) is 10.6 Å². The summed E-state index contributed by atoms with van der Waals surface area (Å²) in [7, 11) is -2.94. The molecule has 2 N–H and O–H groups in total. The molecule has 1 unspecified atom stereocenters. The Labute approximate surface area is 158 Å². The number of nitrogens with zero attached hydrogens (tertiary/aromatic N) is 1. The molecule has 7 heteroatoms. The maximum absolute atomic E-state index is 11.3. The molecule has 0 saturated heterocycles. The molecule has 1 aromatic carbocycles. The van der Waals surface area contributed by atoms with E-state index in [1.165, 1.54) is 6.26 Å². The second kappa shape index (κ2) is 11.1. The molecule has 1 atom stereocenters. The van der Waals surface area contributed by atoms with Gasteiger partial charge in [-0.1, -0.05) is 18.2 Å². The largest absolute Gasteiger partial charge is 0.493 e. The third kappa shape index (κ3) is 9.08. The second-order valence-electron chi connectivity index (χ2n) is 6.65. The van der Waals surface area contributed by atoms with Crippen molar-refractivity contribution < 1.29 is 13.2 Å². The fourth-order valence-corrected chi connectivity index (χ4v) is 3.25. The molecule has 0 bridgehead atoms. The van der Waals surface area contributed by atoms with Crippen molar-refractivity contribution in [2.45, 2.75) is 46.6 Å². The van der Waals surface area contributed by atoms with Crippen molar-refractivity contribution in [3.05, 3.63) is 29.3 Å². The van der Waals surface area contributed by atoms with Gasteiger partial charge in [-0.3, -0.25) is 4.99 Å². The number of nitrogens with one attached hydrogen (secondary N) is 2. The third-order valence-corrected chi connectivity index (χ3v) is 4.85. The van der Waals surface area contributed by atoms with Gasteiger partial charge in [0, 0.05) is 31.8 Å². The Morgan fingerprint density at radius 1 is 1.27 bits per heavy atom. The predicted molar refractivity (Wildman–Crippen MR) is 109 cm³/mol. The summed E-state index contributed by atoms with van der Waals surface area (Å²) in [4.78, 5) is 4.54.